The molecule has 0 aliphatic heterocycles. The summed E-state index contributed by atoms with van der Waals surface area (Å²) in [6.07, 6.45) is 4.46. The number of carbonyl (C=O) groups is 1. The summed E-state index contributed by atoms with van der Waals surface area (Å²) in [7, 11) is 0. The Bertz CT molecular complexity index is 884. The van der Waals surface area contributed by atoms with E-state index in [1.807, 2.05) is 36.4 Å². The maximum Gasteiger partial charge on any atom is 0.220 e. The normalized spacial score (nSPS) is 10.4. The Morgan fingerprint density at radius 1 is 0.931 bits per heavy atom. The first-order chi connectivity index (χ1) is 14.2. The number of amides is 1. The monoisotopic (exact) mass is 394 g/mol. The molecular weight excluding hydrogens is 371 g/mol. The maximum atomic E-state index is 12.8. The van der Waals surface area contributed by atoms with E-state index in [1.165, 1.54) is 12.1 Å². The van der Waals surface area contributed by atoms with Crippen LogP contribution in [0.4, 0.5) is 4.39 Å². The average Bonchev–Trinajstić information content (AvgIpc) is 2.76. The number of nitrogens with one attached hydrogen (secondary N) is 1. The highest BCUT2D eigenvalue weighted by Crippen LogP contribution is 2.14. The lowest BCUT2D eigenvalue weighted by Gasteiger charge is -2.09. The van der Waals surface area contributed by atoms with Crippen LogP contribution < -0.4 is 14.8 Å². The van der Waals surface area contributed by atoms with Crippen molar-refractivity contribution < 1.29 is 18.7 Å². The third kappa shape index (κ3) is 7.25. The van der Waals surface area contributed by atoms with Crippen molar-refractivity contribution in [3.63, 3.8) is 0 Å². The molecule has 0 aliphatic carbocycles. The highest BCUT2D eigenvalue weighted by Gasteiger charge is 2.03. The van der Waals surface area contributed by atoms with E-state index in [-0.39, 0.29) is 11.7 Å². The molecule has 1 aromatic heterocycles. The molecule has 6 heteroatoms. The van der Waals surface area contributed by atoms with Crippen molar-refractivity contribution in [2.24, 2.45) is 0 Å². The molecule has 2 aromatic carbocycles. The van der Waals surface area contributed by atoms with Gasteiger partial charge in [0.05, 0.1) is 6.61 Å². The molecule has 150 valence electrons. The van der Waals surface area contributed by atoms with Crippen molar-refractivity contribution in [2.75, 3.05) is 6.61 Å². The van der Waals surface area contributed by atoms with Crippen LogP contribution in [0.3, 0.4) is 0 Å². The summed E-state index contributed by atoms with van der Waals surface area (Å²) in [5.74, 6) is 1.02. The average molecular weight is 394 g/mol. The Kier molecular flexibility index (Phi) is 7.57. The van der Waals surface area contributed by atoms with Crippen LogP contribution in [-0.2, 0) is 17.9 Å². The third-order valence-electron chi connectivity index (χ3n) is 4.17. The van der Waals surface area contributed by atoms with Gasteiger partial charge in [0.15, 0.2) is 0 Å². The zero-order chi connectivity index (χ0) is 20.3. The Morgan fingerprint density at radius 2 is 1.66 bits per heavy atom. The van der Waals surface area contributed by atoms with Gasteiger partial charge in [0.1, 0.15) is 23.9 Å². The molecule has 0 bridgehead atoms. The molecule has 1 N–H and O–H groups in total. The van der Waals surface area contributed by atoms with Gasteiger partial charge in [0, 0.05) is 30.9 Å². The van der Waals surface area contributed by atoms with Gasteiger partial charge in [-0.3, -0.25) is 9.78 Å². The van der Waals surface area contributed by atoms with Crippen LogP contribution in [0.15, 0.2) is 73.1 Å². The molecule has 0 saturated carbocycles. The highest BCUT2D eigenvalue weighted by molar-refractivity contribution is 5.75. The first-order valence-electron chi connectivity index (χ1n) is 9.45. The lowest BCUT2D eigenvalue weighted by Crippen LogP contribution is -2.22. The zero-order valence-electron chi connectivity index (χ0n) is 16.0. The van der Waals surface area contributed by atoms with E-state index in [4.69, 9.17) is 9.47 Å². The van der Waals surface area contributed by atoms with Gasteiger partial charge in [-0.2, -0.15) is 0 Å². The predicted octanol–water partition coefficient (Wildman–Crippen LogP) is 4.28. The minimum atomic E-state index is -0.301. The van der Waals surface area contributed by atoms with Crippen LogP contribution in [-0.4, -0.2) is 17.5 Å². The minimum absolute atomic E-state index is 0.0374. The van der Waals surface area contributed by atoms with Crippen LogP contribution in [0.1, 0.15) is 24.0 Å². The first kappa shape index (κ1) is 20.3. The number of carbonyl (C=O) groups excluding carboxylic acids is 1. The van der Waals surface area contributed by atoms with Crippen LogP contribution >= 0.6 is 0 Å². The molecule has 29 heavy (non-hydrogen) atoms. The lowest BCUT2D eigenvalue weighted by molar-refractivity contribution is -0.121. The second-order valence-corrected chi connectivity index (χ2v) is 6.48. The van der Waals surface area contributed by atoms with Gasteiger partial charge in [-0.25, -0.2) is 4.39 Å². The summed E-state index contributed by atoms with van der Waals surface area (Å²) in [5.41, 5.74) is 2.00. The predicted molar refractivity (Wildman–Crippen MR) is 108 cm³/mol. The number of hydrogen-bond donors (Lipinski definition) is 1. The summed E-state index contributed by atoms with van der Waals surface area (Å²) in [4.78, 5) is 16.0. The quantitative estimate of drug-likeness (QED) is 0.522. The van der Waals surface area contributed by atoms with Gasteiger partial charge in [-0.1, -0.05) is 18.2 Å². The molecule has 0 spiro atoms. The maximum absolute atomic E-state index is 12.8. The number of benzene rings is 2. The molecule has 5 nitrogen and oxygen atoms in total. The van der Waals surface area contributed by atoms with Gasteiger partial charge in [0.25, 0.3) is 0 Å². The van der Waals surface area contributed by atoms with Crippen molar-refractivity contribution in [2.45, 2.75) is 26.0 Å². The summed E-state index contributed by atoms with van der Waals surface area (Å²) >= 11 is 0. The standard InChI is InChI=1S/C23H23FN2O3/c24-20-7-11-21(12-8-20)28-14-2-4-23(27)26-16-18-5-9-22(10-6-18)29-17-19-3-1-13-25-15-19/h1,3,5-13,15H,2,4,14,16-17H2,(H,26,27). The van der Waals surface area contributed by atoms with Gasteiger partial charge in [0.2, 0.25) is 5.91 Å². The first-order valence-corrected chi connectivity index (χ1v) is 9.45. The smallest absolute Gasteiger partial charge is 0.220 e. The molecule has 0 saturated heterocycles. The fourth-order valence-corrected chi connectivity index (χ4v) is 2.60. The van der Waals surface area contributed by atoms with Gasteiger partial charge >= 0.3 is 0 Å². The summed E-state index contributed by atoms with van der Waals surface area (Å²) in [6, 6.07) is 17.3. The van der Waals surface area contributed by atoms with E-state index < -0.39 is 0 Å². The lowest BCUT2D eigenvalue weighted by atomic mass is 10.2. The molecule has 3 aromatic rings. The summed E-state index contributed by atoms with van der Waals surface area (Å²) in [6.45, 7) is 1.33. The Balaban J connectivity index is 1.31. The fourth-order valence-electron chi connectivity index (χ4n) is 2.60. The Labute approximate surface area is 169 Å². The van der Waals surface area contributed by atoms with Crippen LogP contribution in [0.2, 0.25) is 0 Å². The van der Waals surface area contributed by atoms with Crippen molar-refractivity contribution in [3.8, 4) is 11.5 Å². The largest absolute Gasteiger partial charge is 0.494 e. The molecule has 0 aliphatic rings. The molecule has 0 atom stereocenters. The molecular formula is C23H23FN2O3. The number of aromatic nitrogens is 1. The molecule has 3 rings (SSSR count). The van der Waals surface area contributed by atoms with Crippen LogP contribution in [0, 0.1) is 5.82 Å². The van der Waals surface area contributed by atoms with E-state index >= 15 is 0 Å². The molecule has 0 radical (unpaired) electrons. The molecule has 1 amide bonds. The molecule has 0 unspecified atom stereocenters. The van der Waals surface area contributed by atoms with E-state index in [1.54, 1.807) is 24.5 Å². The van der Waals surface area contributed by atoms with E-state index in [9.17, 15) is 9.18 Å². The van der Waals surface area contributed by atoms with Gasteiger partial charge < -0.3 is 14.8 Å². The Hall–Kier alpha value is -3.41. The fraction of sp³-hybridized carbons (Fsp3) is 0.217. The number of halogens is 1. The van der Waals surface area contributed by atoms with Crippen molar-refractivity contribution in [1.29, 1.82) is 0 Å². The topological polar surface area (TPSA) is 60.5 Å². The number of pyridine rings is 1. The molecule has 1 heterocycles. The second-order valence-electron chi connectivity index (χ2n) is 6.48. The zero-order valence-corrected chi connectivity index (χ0v) is 16.0. The van der Waals surface area contributed by atoms with Crippen molar-refractivity contribution in [1.82, 2.24) is 10.3 Å². The number of nitrogens with zero attached hydrogens (tertiary/aromatic N) is 1. The second kappa shape index (κ2) is 10.8. The van der Waals surface area contributed by atoms with E-state index in [0.29, 0.717) is 38.3 Å². The highest BCUT2D eigenvalue weighted by atomic mass is 19.1. The summed E-state index contributed by atoms with van der Waals surface area (Å²) in [5, 5.41) is 2.89. The van der Waals surface area contributed by atoms with E-state index in [0.717, 1.165) is 16.9 Å². The van der Waals surface area contributed by atoms with Gasteiger partial charge in [-0.15, -0.1) is 0 Å². The number of hydrogen-bond acceptors (Lipinski definition) is 4. The number of ether oxygens (including phenoxy) is 2. The van der Waals surface area contributed by atoms with Gasteiger partial charge in [-0.05, 0) is 54.4 Å². The molecule has 0 fully saturated rings. The Morgan fingerprint density at radius 3 is 2.38 bits per heavy atom. The summed E-state index contributed by atoms with van der Waals surface area (Å²) < 4.78 is 24.0. The van der Waals surface area contributed by atoms with Crippen LogP contribution in [0.5, 0.6) is 11.5 Å². The van der Waals surface area contributed by atoms with Crippen molar-refractivity contribution in [3.05, 3.63) is 90.0 Å². The third-order valence-corrected chi connectivity index (χ3v) is 4.17. The van der Waals surface area contributed by atoms with E-state index in [2.05, 4.69) is 10.3 Å². The number of rotatable bonds is 10. The van der Waals surface area contributed by atoms with Crippen LogP contribution in [0.25, 0.3) is 0 Å². The van der Waals surface area contributed by atoms with Crippen molar-refractivity contribution >= 4 is 5.91 Å². The SMILES string of the molecule is O=C(CCCOc1ccc(F)cc1)NCc1ccc(OCc2cccnc2)cc1. The minimum Gasteiger partial charge on any atom is -0.494 e.